The van der Waals surface area contributed by atoms with Gasteiger partial charge in [0.15, 0.2) is 6.61 Å². The minimum Gasteiger partial charge on any atom is -0.497 e. The number of nitrogens with zero attached hydrogens (tertiary/aromatic N) is 1. The molecule has 0 unspecified atom stereocenters. The highest BCUT2D eigenvalue weighted by Crippen LogP contribution is 2.25. The second-order valence-electron chi connectivity index (χ2n) is 6.80. The molecule has 0 aliphatic carbocycles. The van der Waals surface area contributed by atoms with Gasteiger partial charge in [0, 0.05) is 19.2 Å². The van der Waals surface area contributed by atoms with Crippen LogP contribution >= 0.6 is 0 Å². The van der Waals surface area contributed by atoms with Crippen LogP contribution in [0.25, 0.3) is 0 Å². The monoisotopic (exact) mass is 385 g/mol. The number of carbonyl (C=O) groups excluding carboxylic acids is 1. The van der Waals surface area contributed by atoms with Gasteiger partial charge in [0.05, 0.1) is 7.11 Å². The van der Waals surface area contributed by atoms with Crippen LogP contribution in [0.5, 0.6) is 11.5 Å². The zero-order valence-corrected chi connectivity index (χ0v) is 16.8. The van der Waals surface area contributed by atoms with Gasteiger partial charge in [0.25, 0.3) is 5.91 Å². The first kappa shape index (κ1) is 21.3. The quantitative estimate of drug-likeness (QED) is 0.715. The number of carboxylic acids is 1. The highest BCUT2D eigenvalue weighted by atomic mass is 16.5. The van der Waals surface area contributed by atoms with Crippen molar-refractivity contribution in [1.82, 2.24) is 4.90 Å². The summed E-state index contributed by atoms with van der Waals surface area (Å²) in [7, 11) is 3.43. The number of amides is 1. The van der Waals surface area contributed by atoms with Crippen molar-refractivity contribution in [3.63, 3.8) is 0 Å². The molecule has 2 aromatic rings. The highest BCUT2D eigenvalue weighted by Gasteiger charge is 2.16. The minimum absolute atomic E-state index is 0.0642. The number of rotatable bonds is 9. The maximum Gasteiger partial charge on any atom is 0.341 e. The first-order valence-electron chi connectivity index (χ1n) is 9.16. The van der Waals surface area contributed by atoms with Crippen LogP contribution in [0, 0.1) is 13.8 Å². The molecule has 2 aromatic carbocycles. The largest absolute Gasteiger partial charge is 0.497 e. The topological polar surface area (TPSA) is 76.1 Å². The predicted octanol–water partition coefficient (Wildman–Crippen LogP) is 3.48. The van der Waals surface area contributed by atoms with Crippen LogP contribution in [0.3, 0.4) is 0 Å². The number of aryl methyl sites for hydroxylation is 3. The molecule has 6 nitrogen and oxygen atoms in total. The smallest absolute Gasteiger partial charge is 0.341 e. The Morgan fingerprint density at radius 1 is 1.07 bits per heavy atom. The Bertz CT molecular complexity index is 806. The third-order valence-corrected chi connectivity index (χ3v) is 4.51. The van der Waals surface area contributed by atoms with E-state index in [0.29, 0.717) is 17.9 Å². The molecule has 1 N–H and O–H groups in total. The Morgan fingerprint density at radius 2 is 1.68 bits per heavy atom. The lowest BCUT2D eigenvalue weighted by Gasteiger charge is -2.19. The van der Waals surface area contributed by atoms with E-state index >= 15 is 0 Å². The van der Waals surface area contributed by atoms with Crippen molar-refractivity contribution in [3.05, 3.63) is 58.7 Å². The summed E-state index contributed by atoms with van der Waals surface area (Å²) in [5.74, 6) is 0.250. The highest BCUT2D eigenvalue weighted by molar-refractivity contribution is 5.94. The summed E-state index contributed by atoms with van der Waals surface area (Å²) in [5.41, 5.74) is 3.27. The fourth-order valence-electron chi connectivity index (χ4n) is 3.07. The van der Waals surface area contributed by atoms with Crippen LogP contribution in [-0.2, 0) is 11.2 Å². The van der Waals surface area contributed by atoms with Crippen LogP contribution in [0.2, 0.25) is 0 Å². The van der Waals surface area contributed by atoms with Crippen LogP contribution in [0.4, 0.5) is 0 Å². The molecule has 0 saturated carbocycles. The number of hydrogen-bond acceptors (Lipinski definition) is 4. The van der Waals surface area contributed by atoms with Gasteiger partial charge in [-0.15, -0.1) is 0 Å². The molecule has 0 radical (unpaired) electrons. The third kappa shape index (κ3) is 5.74. The molecule has 0 aromatic heterocycles. The molecule has 0 fully saturated rings. The first-order valence-corrected chi connectivity index (χ1v) is 9.16. The summed E-state index contributed by atoms with van der Waals surface area (Å²) in [4.78, 5) is 25.1. The van der Waals surface area contributed by atoms with Crippen molar-refractivity contribution in [2.45, 2.75) is 26.7 Å². The zero-order valence-electron chi connectivity index (χ0n) is 16.8. The SMILES string of the molecule is COc1ccc(CCCN(C)C(=O)c2cc(C)c(OCC(=O)O)c(C)c2)cc1. The van der Waals surface area contributed by atoms with Crippen molar-refractivity contribution in [2.75, 3.05) is 27.3 Å². The van der Waals surface area contributed by atoms with Gasteiger partial charge in [-0.25, -0.2) is 4.79 Å². The standard InChI is InChI=1S/C22H27NO5/c1-15-12-18(13-16(2)21(15)28-14-20(24)25)22(26)23(3)11-5-6-17-7-9-19(27-4)10-8-17/h7-10,12-13H,5-6,11,14H2,1-4H3,(H,24,25). The van der Waals surface area contributed by atoms with Crippen molar-refractivity contribution in [1.29, 1.82) is 0 Å². The Kier molecular flexibility index (Phi) is 7.44. The Morgan fingerprint density at radius 3 is 2.21 bits per heavy atom. The average Bonchev–Trinajstić information content (AvgIpc) is 2.66. The van der Waals surface area contributed by atoms with Gasteiger partial charge < -0.3 is 19.5 Å². The van der Waals surface area contributed by atoms with Gasteiger partial charge in [-0.2, -0.15) is 0 Å². The van der Waals surface area contributed by atoms with Crippen molar-refractivity contribution in [3.8, 4) is 11.5 Å². The van der Waals surface area contributed by atoms with Crippen LogP contribution < -0.4 is 9.47 Å². The van der Waals surface area contributed by atoms with Gasteiger partial charge in [-0.05, 0) is 67.6 Å². The van der Waals surface area contributed by atoms with E-state index in [9.17, 15) is 9.59 Å². The minimum atomic E-state index is -1.03. The summed E-state index contributed by atoms with van der Waals surface area (Å²) >= 11 is 0. The van der Waals surface area contributed by atoms with Crippen LogP contribution in [-0.4, -0.2) is 49.2 Å². The maximum absolute atomic E-state index is 12.7. The molecule has 0 atom stereocenters. The van der Waals surface area contributed by atoms with Crippen molar-refractivity contribution in [2.24, 2.45) is 0 Å². The Balaban J connectivity index is 1.95. The number of ether oxygens (including phenoxy) is 2. The molecule has 0 heterocycles. The van der Waals surface area contributed by atoms with E-state index in [2.05, 4.69) is 0 Å². The summed E-state index contributed by atoms with van der Waals surface area (Å²) < 4.78 is 10.5. The van der Waals surface area contributed by atoms with Crippen molar-refractivity contribution < 1.29 is 24.2 Å². The maximum atomic E-state index is 12.7. The number of carbonyl (C=O) groups is 2. The van der Waals surface area contributed by atoms with Gasteiger partial charge in [0.2, 0.25) is 0 Å². The van der Waals surface area contributed by atoms with E-state index < -0.39 is 12.6 Å². The molecule has 6 heteroatoms. The van der Waals surface area contributed by atoms with Crippen LogP contribution in [0.15, 0.2) is 36.4 Å². The average molecular weight is 385 g/mol. The number of methoxy groups -OCH3 is 1. The molecular formula is C22H27NO5. The molecule has 0 spiro atoms. The molecule has 2 rings (SSSR count). The predicted molar refractivity (Wildman–Crippen MR) is 107 cm³/mol. The third-order valence-electron chi connectivity index (χ3n) is 4.51. The van der Waals surface area contributed by atoms with E-state index in [1.165, 1.54) is 5.56 Å². The molecule has 1 amide bonds. The van der Waals surface area contributed by atoms with Gasteiger partial charge in [-0.1, -0.05) is 12.1 Å². The van der Waals surface area contributed by atoms with E-state index in [1.807, 2.05) is 38.1 Å². The fourth-order valence-corrected chi connectivity index (χ4v) is 3.07. The molecular weight excluding hydrogens is 358 g/mol. The lowest BCUT2D eigenvalue weighted by atomic mass is 10.0. The van der Waals surface area contributed by atoms with Gasteiger partial charge >= 0.3 is 5.97 Å². The molecule has 0 bridgehead atoms. The number of benzene rings is 2. The molecule has 0 saturated heterocycles. The van der Waals surface area contributed by atoms with Crippen LogP contribution in [0.1, 0.15) is 33.5 Å². The molecule has 28 heavy (non-hydrogen) atoms. The molecule has 0 aliphatic rings. The lowest BCUT2D eigenvalue weighted by Crippen LogP contribution is -2.28. The number of carboxylic acid groups (broad SMARTS) is 1. The second-order valence-corrected chi connectivity index (χ2v) is 6.80. The number of hydrogen-bond donors (Lipinski definition) is 1. The Hall–Kier alpha value is -3.02. The zero-order chi connectivity index (χ0) is 20.7. The normalized spacial score (nSPS) is 10.4. The summed E-state index contributed by atoms with van der Waals surface area (Å²) in [5, 5.41) is 8.77. The second kappa shape index (κ2) is 9.78. The van der Waals surface area contributed by atoms with Crippen molar-refractivity contribution >= 4 is 11.9 Å². The van der Waals surface area contributed by atoms with E-state index in [4.69, 9.17) is 14.6 Å². The van der Waals surface area contributed by atoms with E-state index in [-0.39, 0.29) is 5.91 Å². The van der Waals surface area contributed by atoms with Gasteiger partial charge in [-0.3, -0.25) is 4.79 Å². The summed E-state index contributed by atoms with van der Waals surface area (Å²) in [6.07, 6.45) is 1.73. The summed E-state index contributed by atoms with van der Waals surface area (Å²) in [6.45, 7) is 3.86. The number of aliphatic carboxylic acids is 1. The lowest BCUT2D eigenvalue weighted by molar-refractivity contribution is -0.139. The Labute approximate surface area is 165 Å². The van der Waals surface area contributed by atoms with E-state index in [0.717, 1.165) is 29.7 Å². The first-order chi connectivity index (χ1) is 13.3. The van der Waals surface area contributed by atoms with Gasteiger partial charge in [0.1, 0.15) is 11.5 Å². The molecule has 150 valence electrons. The van der Waals surface area contributed by atoms with E-state index in [1.54, 1.807) is 31.2 Å². The molecule has 0 aliphatic heterocycles. The fraction of sp³-hybridized carbons (Fsp3) is 0.364. The summed E-state index contributed by atoms with van der Waals surface area (Å²) in [6, 6.07) is 11.4.